The van der Waals surface area contributed by atoms with E-state index < -0.39 is 34.2 Å². The molecule has 1 atom stereocenters. The summed E-state index contributed by atoms with van der Waals surface area (Å²) >= 11 is 0. The van der Waals surface area contributed by atoms with Crippen LogP contribution in [0.2, 0.25) is 0 Å². The number of hydrogen-bond acceptors (Lipinski definition) is 8. The van der Waals surface area contributed by atoms with Crippen molar-refractivity contribution in [1.29, 1.82) is 0 Å². The van der Waals surface area contributed by atoms with E-state index in [2.05, 4.69) is 4.90 Å². The van der Waals surface area contributed by atoms with Gasteiger partial charge in [0.05, 0.1) is 18.1 Å². The van der Waals surface area contributed by atoms with E-state index in [1.54, 1.807) is 13.2 Å². The minimum atomic E-state index is -1.59. The lowest BCUT2D eigenvalue weighted by Crippen LogP contribution is -2.75. The molecule has 11 heteroatoms. The molecule has 2 aromatic carbocycles. The van der Waals surface area contributed by atoms with Gasteiger partial charge in [-0.15, -0.1) is 0 Å². The Balaban J connectivity index is 1.66. The predicted octanol–water partition coefficient (Wildman–Crippen LogP) is 3.45. The molecule has 206 valence electrons. The van der Waals surface area contributed by atoms with Crippen molar-refractivity contribution in [3.63, 3.8) is 0 Å². The highest BCUT2D eigenvalue weighted by Gasteiger charge is 2.64. The van der Waals surface area contributed by atoms with Crippen molar-refractivity contribution in [1.82, 2.24) is 9.80 Å². The number of barbiturate groups is 1. The second kappa shape index (κ2) is 10.2. The van der Waals surface area contributed by atoms with Crippen LogP contribution < -0.4 is 14.5 Å². The molecule has 2 saturated heterocycles. The Kier molecular flexibility index (Phi) is 6.92. The maximum atomic E-state index is 14.3. The fourth-order valence-corrected chi connectivity index (χ4v) is 6.22. The fourth-order valence-electron chi connectivity index (χ4n) is 6.22. The van der Waals surface area contributed by atoms with Gasteiger partial charge in [0.1, 0.15) is 5.75 Å². The van der Waals surface area contributed by atoms with Gasteiger partial charge >= 0.3 is 6.03 Å². The second-order valence-electron chi connectivity index (χ2n) is 10.3. The number of fused-ring (bicyclic) bond motifs is 4. The predicted molar refractivity (Wildman–Crippen MR) is 145 cm³/mol. The first kappa shape index (κ1) is 26.5. The number of anilines is 2. The average Bonchev–Trinajstić information content (AvgIpc) is 2.96. The van der Waals surface area contributed by atoms with E-state index in [-0.39, 0.29) is 25.2 Å². The number of nitrogens with zero attached hydrogens (tertiary/aromatic N) is 5. The summed E-state index contributed by atoms with van der Waals surface area (Å²) in [5.41, 5.74) is 0.602. The zero-order chi connectivity index (χ0) is 27.9. The van der Waals surface area contributed by atoms with Gasteiger partial charge in [-0.3, -0.25) is 29.5 Å². The average molecular weight is 536 g/mol. The quantitative estimate of drug-likeness (QED) is 0.301. The molecule has 4 amide bonds. The number of non-ortho nitro benzene ring substituents is 1. The molecular weight excluding hydrogens is 502 g/mol. The number of carbonyl (C=O) groups is 3. The van der Waals surface area contributed by atoms with Crippen LogP contribution in [0.25, 0.3) is 0 Å². The van der Waals surface area contributed by atoms with Crippen molar-refractivity contribution in [3.8, 4) is 5.75 Å². The number of rotatable bonds is 7. The Hall–Kier alpha value is -4.15. The number of imide groups is 2. The van der Waals surface area contributed by atoms with E-state index >= 15 is 0 Å². The standard InChI is InChI=1S/C28H33N5O6/c1-4-12-31-25(34)28(26(35)32(13-5-2)27(31)36)17-19-16-21(33(37)38)8-11-23(19)30-15-14-29(18-24(28)30)20-6-9-22(39-3)10-7-20/h6-11,16,24H,4-5,12-15,17-18H2,1-3H3/t24-/m0/s1. The van der Waals surface area contributed by atoms with Crippen LogP contribution >= 0.6 is 0 Å². The molecule has 0 saturated carbocycles. The first-order valence-electron chi connectivity index (χ1n) is 13.4. The Bertz CT molecular complexity index is 1280. The van der Waals surface area contributed by atoms with E-state index in [4.69, 9.17) is 4.74 Å². The molecule has 0 aliphatic carbocycles. The molecule has 11 nitrogen and oxygen atoms in total. The molecule has 1 spiro atoms. The Morgan fingerprint density at radius 3 is 2.18 bits per heavy atom. The lowest BCUT2D eigenvalue weighted by atomic mass is 9.67. The Labute approximate surface area is 227 Å². The van der Waals surface area contributed by atoms with Crippen LogP contribution in [0.15, 0.2) is 42.5 Å². The first-order valence-corrected chi connectivity index (χ1v) is 13.4. The summed E-state index contributed by atoms with van der Waals surface area (Å²) in [5.74, 6) is -0.311. The lowest BCUT2D eigenvalue weighted by molar-refractivity contribution is -0.384. The fraction of sp³-hybridized carbons (Fsp3) is 0.464. The number of nitro benzene ring substituents is 1. The number of methoxy groups -OCH3 is 1. The molecular formula is C28H33N5O6. The van der Waals surface area contributed by atoms with Crippen LogP contribution in [0.5, 0.6) is 5.75 Å². The SMILES string of the molecule is CCCN1C(=O)N(CCC)C(=O)C2(Cc3cc([N+](=O)[O-])ccc3N3CCN(c4ccc(OC)cc4)C[C@H]32)C1=O. The molecule has 3 aliphatic heterocycles. The van der Waals surface area contributed by atoms with E-state index in [1.807, 2.05) is 43.0 Å². The van der Waals surface area contributed by atoms with Crippen LogP contribution in [-0.4, -0.2) is 78.4 Å². The minimum absolute atomic E-state index is 0.00694. The molecule has 0 unspecified atom stereocenters. The van der Waals surface area contributed by atoms with Crippen LogP contribution in [0.3, 0.4) is 0 Å². The highest BCUT2D eigenvalue weighted by Crippen LogP contribution is 2.48. The van der Waals surface area contributed by atoms with Gasteiger partial charge < -0.3 is 14.5 Å². The molecule has 0 bridgehead atoms. The van der Waals surface area contributed by atoms with Crippen molar-refractivity contribution in [2.24, 2.45) is 5.41 Å². The second-order valence-corrected chi connectivity index (χ2v) is 10.3. The summed E-state index contributed by atoms with van der Waals surface area (Å²) in [5, 5.41) is 11.6. The van der Waals surface area contributed by atoms with E-state index in [9.17, 15) is 24.5 Å². The molecule has 2 aromatic rings. The number of piperazine rings is 1. The van der Waals surface area contributed by atoms with E-state index in [0.29, 0.717) is 38.0 Å². The maximum absolute atomic E-state index is 14.3. The summed E-state index contributed by atoms with van der Waals surface area (Å²) < 4.78 is 5.30. The third kappa shape index (κ3) is 4.16. The first-order chi connectivity index (χ1) is 18.8. The number of ether oxygens (including phenoxy) is 1. The minimum Gasteiger partial charge on any atom is -0.497 e. The number of hydrogen-bond donors (Lipinski definition) is 0. The third-order valence-electron chi connectivity index (χ3n) is 8.05. The van der Waals surface area contributed by atoms with Gasteiger partial charge in [-0.25, -0.2) is 4.79 Å². The third-order valence-corrected chi connectivity index (χ3v) is 8.05. The van der Waals surface area contributed by atoms with Gasteiger partial charge in [-0.05, 0) is 48.7 Å². The number of nitro groups is 1. The molecule has 5 rings (SSSR count). The highest BCUT2D eigenvalue weighted by molar-refractivity contribution is 6.20. The summed E-state index contributed by atoms with van der Waals surface area (Å²) in [6, 6.07) is 11.1. The van der Waals surface area contributed by atoms with Crippen molar-refractivity contribution in [3.05, 3.63) is 58.1 Å². The number of amides is 4. The number of benzene rings is 2. The summed E-state index contributed by atoms with van der Waals surface area (Å²) in [7, 11) is 1.60. The molecule has 2 fully saturated rings. The largest absolute Gasteiger partial charge is 0.497 e. The van der Waals surface area contributed by atoms with Crippen molar-refractivity contribution >= 4 is 34.9 Å². The van der Waals surface area contributed by atoms with Crippen LogP contribution in [-0.2, 0) is 16.0 Å². The number of carbonyl (C=O) groups excluding carboxylic acids is 3. The van der Waals surface area contributed by atoms with Crippen LogP contribution in [0, 0.1) is 15.5 Å². The zero-order valence-electron chi connectivity index (χ0n) is 22.5. The summed E-state index contributed by atoms with van der Waals surface area (Å²) in [6.07, 6.45) is 1.10. The molecule has 3 heterocycles. The monoisotopic (exact) mass is 535 g/mol. The van der Waals surface area contributed by atoms with Gasteiger partial charge in [-0.1, -0.05) is 13.8 Å². The summed E-state index contributed by atoms with van der Waals surface area (Å²) in [6.45, 7) is 5.65. The van der Waals surface area contributed by atoms with Gasteiger partial charge in [0.15, 0.2) is 5.41 Å². The number of urea groups is 1. The van der Waals surface area contributed by atoms with Crippen molar-refractivity contribution in [2.45, 2.75) is 39.2 Å². The lowest BCUT2D eigenvalue weighted by Gasteiger charge is -2.57. The molecule has 39 heavy (non-hydrogen) atoms. The molecule has 3 aliphatic rings. The topological polar surface area (TPSA) is 117 Å². The van der Waals surface area contributed by atoms with Gasteiger partial charge in [0, 0.05) is 62.7 Å². The van der Waals surface area contributed by atoms with Crippen LogP contribution in [0.1, 0.15) is 32.3 Å². The Morgan fingerprint density at radius 2 is 1.62 bits per heavy atom. The van der Waals surface area contributed by atoms with Gasteiger partial charge in [-0.2, -0.15) is 0 Å². The van der Waals surface area contributed by atoms with Gasteiger partial charge in [0.2, 0.25) is 11.8 Å². The Morgan fingerprint density at radius 1 is 0.974 bits per heavy atom. The van der Waals surface area contributed by atoms with Crippen molar-refractivity contribution in [2.75, 3.05) is 49.6 Å². The normalized spacial score (nSPS) is 20.3. The molecule has 0 radical (unpaired) electrons. The smallest absolute Gasteiger partial charge is 0.333 e. The molecule has 0 aromatic heterocycles. The van der Waals surface area contributed by atoms with E-state index in [1.165, 1.54) is 21.9 Å². The highest BCUT2D eigenvalue weighted by atomic mass is 16.6. The van der Waals surface area contributed by atoms with Gasteiger partial charge in [0.25, 0.3) is 5.69 Å². The maximum Gasteiger partial charge on any atom is 0.333 e. The van der Waals surface area contributed by atoms with E-state index in [0.717, 1.165) is 17.1 Å². The van der Waals surface area contributed by atoms with Crippen molar-refractivity contribution < 1.29 is 24.0 Å². The zero-order valence-corrected chi connectivity index (χ0v) is 22.5. The molecule has 0 N–H and O–H groups in total. The summed E-state index contributed by atoms with van der Waals surface area (Å²) in [4.78, 5) is 59.8. The van der Waals surface area contributed by atoms with Crippen LogP contribution in [0.4, 0.5) is 21.9 Å².